The van der Waals surface area contributed by atoms with Crippen LogP contribution in [0.1, 0.15) is 46.4 Å². The van der Waals surface area contributed by atoms with E-state index in [1.165, 1.54) is 0 Å². The third-order valence-corrected chi connectivity index (χ3v) is 6.31. The molecule has 0 aromatic heterocycles. The van der Waals surface area contributed by atoms with Gasteiger partial charge in [0.2, 0.25) is 0 Å². The normalized spacial score (nSPS) is 16.7. The molecule has 1 aliphatic rings. The number of benzene rings is 2. The Balaban J connectivity index is 1.46. The summed E-state index contributed by atoms with van der Waals surface area (Å²) in [6.07, 6.45) is 2.11. The van der Waals surface area contributed by atoms with Gasteiger partial charge in [0, 0.05) is 39.6 Å². The van der Waals surface area contributed by atoms with Crippen LogP contribution in [0.2, 0.25) is 0 Å². The summed E-state index contributed by atoms with van der Waals surface area (Å²) in [6, 6.07) is 14.5. The van der Waals surface area contributed by atoms with Crippen molar-refractivity contribution in [2.75, 3.05) is 19.6 Å². The van der Waals surface area contributed by atoms with Gasteiger partial charge in [-0.05, 0) is 50.1 Å². The van der Waals surface area contributed by atoms with E-state index in [0.29, 0.717) is 37.9 Å². The van der Waals surface area contributed by atoms with E-state index in [2.05, 4.69) is 36.8 Å². The molecule has 1 heterocycles. The summed E-state index contributed by atoms with van der Waals surface area (Å²) in [4.78, 5) is 27.2. The van der Waals surface area contributed by atoms with Crippen LogP contribution in [0.5, 0.6) is 0 Å². The third kappa shape index (κ3) is 5.38. The molecule has 1 fully saturated rings. The van der Waals surface area contributed by atoms with E-state index < -0.39 is 5.60 Å². The van der Waals surface area contributed by atoms with Crippen molar-refractivity contribution in [1.82, 2.24) is 4.90 Å². The molecular weight excluding hydrogens is 486 g/mol. The van der Waals surface area contributed by atoms with Gasteiger partial charge in [-0.15, -0.1) is 0 Å². The van der Waals surface area contributed by atoms with Crippen molar-refractivity contribution in [1.29, 1.82) is 0 Å². The van der Waals surface area contributed by atoms with Crippen LogP contribution in [0, 0.1) is 0 Å². The summed E-state index contributed by atoms with van der Waals surface area (Å²) in [6.45, 7) is 2.11. The van der Waals surface area contributed by atoms with Gasteiger partial charge in [0.25, 0.3) is 0 Å². The largest absolute Gasteiger partial charge is 0.382 e. The molecule has 0 spiro atoms. The van der Waals surface area contributed by atoms with Crippen molar-refractivity contribution >= 4 is 43.4 Å². The van der Waals surface area contributed by atoms with E-state index in [-0.39, 0.29) is 11.6 Å². The maximum Gasteiger partial charge on any atom is 0.194 e. The Morgan fingerprint density at radius 2 is 1.39 bits per heavy atom. The Hall–Kier alpha value is -1.34. The standard InChI is InChI=1S/C22H23Br2NO3/c23-18-7-3-16(4-8-18)20(26)2-1-13-25-14-11-22(28,12-15-25)21(27)17-5-9-19(24)10-6-17/h3-10,28H,1-2,11-15H2. The van der Waals surface area contributed by atoms with Gasteiger partial charge in [-0.1, -0.05) is 56.1 Å². The number of carbonyl (C=O) groups excluding carboxylic acids is 2. The van der Waals surface area contributed by atoms with E-state index in [1.54, 1.807) is 12.1 Å². The minimum atomic E-state index is -1.29. The molecule has 6 heteroatoms. The Kier molecular flexibility index (Phi) is 7.20. The van der Waals surface area contributed by atoms with E-state index in [9.17, 15) is 14.7 Å². The molecule has 0 aliphatic carbocycles. The van der Waals surface area contributed by atoms with Gasteiger partial charge in [0.15, 0.2) is 11.6 Å². The smallest absolute Gasteiger partial charge is 0.194 e. The molecule has 2 aromatic rings. The highest BCUT2D eigenvalue weighted by Gasteiger charge is 2.39. The molecule has 0 radical (unpaired) electrons. The highest BCUT2D eigenvalue weighted by Crippen LogP contribution is 2.27. The SMILES string of the molecule is O=C(CCCN1CCC(O)(C(=O)c2ccc(Br)cc2)CC1)c1ccc(Br)cc1. The van der Waals surface area contributed by atoms with Gasteiger partial charge in [0.1, 0.15) is 5.60 Å². The molecule has 0 saturated carbocycles. The fraction of sp³-hybridized carbons (Fsp3) is 0.364. The molecule has 2 aromatic carbocycles. The minimum Gasteiger partial charge on any atom is -0.382 e. The van der Waals surface area contributed by atoms with Crippen LogP contribution in [0.25, 0.3) is 0 Å². The van der Waals surface area contributed by atoms with Gasteiger partial charge in [-0.3, -0.25) is 9.59 Å². The van der Waals surface area contributed by atoms with Crippen LogP contribution in [0.15, 0.2) is 57.5 Å². The number of aliphatic hydroxyl groups is 1. The lowest BCUT2D eigenvalue weighted by Crippen LogP contribution is -2.49. The molecule has 148 valence electrons. The lowest BCUT2D eigenvalue weighted by atomic mass is 9.84. The highest BCUT2D eigenvalue weighted by atomic mass is 79.9. The summed E-state index contributed by atoms with van der Waals surface area (Å²) in [7, 11) is 0. The summed E-state index contributed by atoms with van der Waals surface area (Å²) < 4.78 is 1.87. The van der Waals surface area contributed by atoms with Gasteiger partial charge in [-0.25, -0.2) is 0 Å². The first-order valence-corrected chi connectivity index (χ1v) is 11.0. The van der Waals surface area contributed by atoms with E-state index in [0.717, 1.165) is 27.5 Å². The fourth-order valence-electron chi connectivity index (χ4n) is 3.49. The number of rotatable bonds is 7. The molecule has 1 saturated heterocycles. The lowest BCUT2D eigenvalue weighted by molar-refractivity contribution is -0.00648. The van der Waals surface area contributed by atoms with Crippen molar-refractivity contribution in [3.05, 3.63) is 68.6 Å². The molecule has 1 aliphatic heterocycles. The zero-order valence-electron chi connectivity index (χ0n) is 15.5. The fourth-order valence-corrected chi connectivity index (χ4v) is 4.02. The van der Waals surface area contributed by atoms with Gasteiger partial charge < -0.3 is 10.0 Å². The Labute approximate surface area is 182 Å². The molecule has 4 nitrogen and oxygen atoms in total. The van der Waals surface area contributed by atoms with Crippen LogP contribution < -0.4 is 0 Å². The number of carbonyl (C=O) groups is 2. The monoisotopic (exact) mass is 507 g/mol. The number of ketones is 2. The van der Waals surface area contributed by atoms with E-state index >= 15 is 0 Å². The van der Waals surface area contributed by atoms with E-state index in [1.807, 2.05) is 36.4 Å². The second-order valence-corrected chi connectivity index (χ2v) is 9.07. The number of likely N-dealkylation sites (tertiary alicyclic amines) is 1. The summed E-state index contributed by atoms with van der Waals surface area (Å²) >= 11 is 6.73. The second kappa shape index (κ2) is 9.44. The Bertz CT molecular complexity index is 826. The molecule has 28 heavy (non-hydrogen) atoms. The first-order chi connectivity index (χ1) is 13.4. The maximum absolute atomic E-state index is 12.7. The van der Waals surface area contributed by atoms with Gasteiger partial charge in [0.05, 0.1) is 0 Å². The molecule has 0 amide bonds. The summed E-state index contributed by atoms with van der Waals surface area (Å²) in [5, 5.41) is 10.8. The average molecular weight is 509 g/mol. The molecule has 0 atom stereocenters. The minimum absolute atomic E-state index is 0.145. The first kappa shape index (κ1) is 21.4. The summed E-state index contributed by atoms with van der Waals surface area (Å²) in [5.74, 6) is -0.0588. The van der Waals surface area contributed by atoms with Crippen molar-refractivity contribution in [3.8, 4) is 0 Å². The number of hydrogen-bond donors (Lipinski definition) is 1. The zero-order valence-corrected chi connectivity index (χ0v) is 18.7. The molecule has 0 bridgehead atoms. The van der Waals surface area contributed by atoms with Crippen LogP contribution in [-0.2, 0) is 0 Å². The molecule has 0 unspecified atom stereocenters. The van der Waals surface area contributed by atoms with Crippen LogP contribution in [0.3, 0.4) is 0 Å². The van der Waals surface area contributed by atoms with Crippen molar-refractivity contribution < 1.29 is 14.7 Å². The number of piperidine rings is 1. The molecule has 3 rings (SSSR count). The number of halogens is 2. The first-order valence-electron chi connectivity index (χ1n) is 9.41. The predicted molar refractivity (Wildman–Crippen MR) is 117 cm³/mol. The molecular formula is C22H23Br2NO3. The average Bonchev–Trinajstić information content (AvgIpc) is 2.70. The zero-order chi connectivity index (χ0) is 20.1. The van der Waals surface area contributed by atoms with Crippen molar-refractivity contribution in [2.45, 2.75) is 31.3 Å². The Morgan fingerprint density at radius 3 is 1.93 bits per heavy atom. The highest BCUT2D eigenvalue weighted by molar-refractivity contribution is 9.10. The number of nitrogens with zero attached hydrogens (tertiary/aromatic N) is 1. The maximum atomic E-state index is 12.7. The molecule has 1 N–H and O–H groups in total. The number of Topliss-reactive ketones (excluding diaryl/α,β-unsaturated/α-hetero) is 2. The van der Waals surface area contributed by atoms with E-state index in [4.69, 9.17) is 0 Å². The predicted octanol–water partition coefficient (Wildman–Crippen LogP) is 4.88. The topological polar surface area (TPSA) is 57.6 Å². The third-order valence-electron chi connectivity index (χ3n) is 5.26. The number of hydrogen-bond acceptors (Lipinski definition) is 4. The van der Waals surface area contributed by atoms with Crippen molar-refractivity contribution in [3.63, 3.8) is 0 Å². The van der Waals surface area contributed by atoms with Crippen LogP contribution in [0.4, 0.5) is 0 Å². The van der Waals surface area contributed by atoms with Gasteiger partial charge in [-0.2, -0.15) is 0 Å². The van der Waals surface area contributed by atoms with Crippen LogP contribution in [-0.4, -0.2) is 46.8 Å². The Morgan fingerprint density at radius 1 is 0.893 bits per heavy atom. The quantitative estimate of drug-likeness (QED) is 0.541. The second-order valence-electron chi connectivity index (χ2n) is 7.24. The summed E-state index contributed by atoms with van der Waals surface area (Å²) in [5.41, 5.74) is -0.0204. The lowest BCUT2D eigenvalue weighted by Gasteiger charge is -2.37. The van der Waals surface area contributed by atoms with Crippen LogP contribution >= 0.6 is 31.9 Å². The van der Waals surface area contributed by atoms with Gasteiger partial charge >= 0.3 is 0 Å². The van der Waals surface area contributed by atoms with Crippen molar-refractivity contribution in [2.24, 2.45) is 0 Å².